The molecule has 0 aliphatic heterocycles. The monoisotopic (exact) mass is 346 g/mol. The molecule has 2 aromatic rings. The summed E-state index contributed by atoms with van der Waals surface area (Å²) in [5, 5.41) is 2.85. The van der Waals surface area contributed by atoms with Gasteiger partial charge in [0.2, 0.25) is 5.91 Å². The molecule has 110 valence electrons. The molecular formula is C17H19BrN2O. The summed E-state index contributed by atoms with van der Waals surface area (Å²) in [5.74, 6) is -0.151. The summed E-state index contributed by atoms with van der Waals surface area (Å²) in [5.41, 5.74) is 9.03. The summed E-state index contributed by atoms with van der Waals surface area (Å²) in [6, 6.07) is 15.3. The Bertz CT molecular complexity index is 613. The molecule has 0 heterocycles. The largest absolute Gasteiger partial charge is 0.325 e. The van der Waals surface area contributed by atoms with Crippen molar-refractivity contribution in [2.75, 3.05) is 5.32 Å². The van der Waals surface area contributed by atoms with Gasteiger partial charge in [-0.05, 0) is 43.0 Å². The first kappa shape index (κ1) is 15.7. The van der Waals surface area contributed by atoms with Gasteiger partial charge in [0.25, 0.3) is 0 Å². The number of nitrogens with two attached hydrogens (primary N) is 1. The van der Waals surface area contributed by atoms with Crippen LogP contribution in [0.2, 0.25) is 0 Å². The number of hydrogen-bond acceptors (Lipinski definition) is 2. The molecule has 2 aromatic carbocycles. The molecule has 1 atom stereocenters. The van der Waals surface area contributed by atoms with Gasteiger partial charge >= 0.3 is 0 Å². The van der Waals surface area contributed by atoms with Crippen LogP contribution in [-0.2, 0) is 11.2 Å². The summed E-state index contributed by atoms with van der Waals surface area (Å²) in [4.78, 5) is 12.1. The van der Waals surface area contributed by atoms with E-state index < -0.39 is 6.04 Å². The average Bonchev–Trinajstić information content (AvgIpc) is 2.49. The molecule has 0 saturated heterocycles. The Hall–Kier alpha value is -1.65. The molecule has 0 aromatic heterocycles. The third-order valence-corrected chi connectivity index (χ3v) is 4.22. The van der Waals surface area contributed by atoms with Gasteiger partial charge in [-0.3, -0.25) is 4.79 Å². The zero-order chi connectivity index (χ0) is 15.2. The van der Waals surface area contributed by atoms with Gasteiger partial charge in [0.15, 0.2) is 0 Å². The van der Waals surface area contributed by atoms with Gasteiger partial charge in [-0.25, -0.2) is 0 Å². The molecule has 3 nitrogen and oxygen atoms in total. The van der Waals surface area contributed by atoms with Crippen LogP contribution < -0.4 is 11.1 Å². The van der Waals surface area contributed by atoms with Crippen LogP contribution in [0.25, 0.3) is 0 Å². The molecule has 0 saturated carbocycles. The molecule has 4 heteroatoms. The van der Waals surface area contributed by atoms with Crippen LogP contribution in [0.3, 0.4) is 0 Å². The molecule has 1 amide bonds. The van der Waals surface area contributed by atoms with Crippen molar-refractivity contribution in [1.82, 2.24) is 0 Å². The van der Waals surface area contributed by atoms with Crippen LogP contribution in [0.5, 0.6) is 0 Å². The van der Waals surface area contributed by atoms with Gasteiger partial charge in [0.05, 0.1) is 6.04 Å². The SMILES string of the molecule is Cc1ccc(NC(=O)[C@@H](N)CCc2ccccc2)cc1Br. The minimum absolute atomic E-state index is 0.151. The number of halogens is 1. The van der Waals surface area contributed by atoms with Crippen molar-refractivity contribution in [3.63, 3.8) is 0 Å². The van der Waals surface area contributed by atoms with Gasteiger partial charge in [-0.15, -0.1) is 0 Å². The topological polar surface area (TPSA) is 55.1 Å². The summed E-state index contributed by atoms with van der Waals surface area (Å²) < 4.78 is 0.971. The lowest BCUT2D eigenvalue weighted by molar-refractivity contribution is -0.117. The van der Waals surface area contributed by atoms with E-state index in [1.54, 1.807) is 0 Å². The second-order valence-corrected chi connectivity index (χ2v) is 5.94. The summed E-state index contributed by atoms with van der Waals surface area (Å²) >= 11 is 3.45. The van der Waals surface area contributed by atoms with Crippen molar-refractivity contribution in [1.29, 1.82) is 0 Å². The van der Waals surface area contributed by atoms with E-state index in [-0.39, 0.29) is 5.91 Å². The number of anilines is 1. The van der Waals surface area contributed by atoms with E-state index in [1.165, 1.54) is 5.56 Å². The van der Waals surface area contributed by atoms with Gasteiger partial charge in [-0.2, -0.15) is 0 Å². The van der Waals surface area contributed by atoms with Gasteiger partial charge < -0.3 is 11.1 Å². The fourth-order valence-electron chi connectivity index (χ4n) is 2.00. The number of benzene rings is 2. The van der Waals surface area contributed by atoms with Crippen molar-refractivity contribution in [2.45, 2.75) is 25.8 Å². The van der Waals surface area contributed by atoms with E-state index in [0.29, 0.717) is 6.42 Å². The molecule has 0 radical (unpaired) electrons. The lowest BCUT2D eigenvalue weighted by atomic mass is 10.1. The smallest absolute Gasteiger partial charge is 0.241 e. The van der Waals surface area contributed by atoms with Gasteiger partial charge in [0.1, 0.15) is 0 Å². The number of aryl methyl sites for hydroxylation is 2. The number of nitrogens with one attached hydrogen (secondary N) is 1. The molecule has 0 aliphatic carbocycles. The van der Waals surface area contributed by atoms with E-state index in [2.05, 4.69) is 21.2 Å². The first-order chi connectivity index (χ1) is 10.1. The highest BCUT2D eigenvalue weighted by atomic mass is 79.9. The maximum absolute atomic E-state index is 12.1. The normalized spacial score (nSPS) is 12.0. The van der Waals surface area contributed by atoms with Crippen LogP contribution in [-0.4, -0.2) is 11.9 Å². The maximum atomic E-state index is 12.1. The molecular weight excluding hydrogens is 328 g/mol. The Kier molecular flexibility index (Phi) is 5.53. The number of carbonyl (C=O) groups excluding carboxylic acids is 1. The number of amides is 1. The summed E-state index contributed by atoms with van der Waals surface area (Å²) in [6.45, 7) is 2.00. The first-order valence-corrected chi connectivity index (χ1v) is 7.72. The summed E-state index contributed by atoms with van der Waals surface area (Å²) in [6.07, 6.45) is 1.43. The minimum atomic E-state index is -0.509. The Morgan fingerprint density at radius 3 is 2.62 bits per heavy atom. The van der Waals surface area contributed by atoms with E-state index in [0.717, 1.165) is 22.1 Å². The minimum Gasteiger partial charge on any atom is -0.325 e. The van der Waals surface area contributed by atoms with Crippen molar-refractivity contribution in [2.24, 2.45) is 5.73 Å². The third-order valence-electron chi connectivity index (χ3n) is 3.36. The van der Waals surface area contributed by atoms with Crippen molar-refractivity contribution < 1.29 is 4.79 Å². The van der Waals surface area contributed by atoms with Gasteiger partial charge in [0, 0.05) is 10.2 Å². The fourth-order valence-corrected chi connectivity index (χ4v) is 2.38. The second kappa shape index (κ2) is 7.38. The highest BCUT2D eigenvalue weighted by molar-refractivity contribution is 9.10. The number of rotatable bonds is 5. The fraction of sp³-hybridized carbons (Fsp3) is 0.235. The van der Waals surface area contributed by atoms with E-state index in [4.69, 9.17) is 5.73 Å². The highest BCUT2D eigenvalue weighted by Crippen LogP contribution is 2.20. The Labute approximate surface area is 133 Å². The second-order valence-electron chi connectivity index (χ2n) is 5.08. The van der Waals surface area contributed by atoms with Crippen LogP contribution in [0.4, 0.5) is 5.69 Å². The molecule has 0 aliphatic rings. The van der Waals surface area contributed by atoms with Crippen LogP contribution in [0, 0.1) is 6.92 Å². The molecule has 0 spiro atoms. The Morgan fingerprint density at radius 1 is 1.24 bits per heavy atom. The Morgan fingerprint density at radius 2 is 1.95 bits per heavy atom. The summed E-state index contributed by atoms with van der Waals surface area (Å²) in [7, 11) is 0. The van der Waals surface area contributed by atoms with Crippen LogP contribution in [0.15, 0.2) is 53.0 Å². The van der Waals surface area contributed by atoms with Crippen molar-refractivity contribution in [3.8, 4) is 0 Å². The lowest BCUT2D eigenvalue weighted by Gasteiger charge is -2.13. The van der Waals surface area contributed by atoms with Crippen molar-refractivity contribution in [3.05, 3.63) is 64.1 Å². The number of hydrogen-bond donors (Lipinski definition) is 2. The maximum Gasteiger partial charge on any atom is 0.241 e. The standard InChI is InChI=1S/C17H19BrN2O/c1-12-7-9-14(11-15(12)18)20-17(21)16(19)10-8-13-5-3-2-4-6-13/h2-7,9,11,16H,8,10,19H2,1H3,(H,20,21)/t16-/m0/s1. The first-order valence-electron chi connectivity index (χ1n) is 6.93. The average molecular weight is 347 g/mol. The van der Waals surface area contributed by atoms with Crippen molar-refractivity contribution >= 4 is 27.5 Å². The van der Waals surface area contributed by atoms with E-state index in [9.17, 15) is 4.79 Å². The molecule has 0 bridgehead atoms. The molecule has 0 unspecified atom stereocenters. The zero-order valence-electron chi connectivity index (χ0n) is 12.0. The molecule has 3 N–H and O–H groups in total. The lowest BCUT2D eigenvalue weighted by Crippen LogP contribution is -2.36. The Balaban J connectivity index is 1.89. The zero-order valence-corrected chi connectivity index (χ0v) is 13.6. The quantitative estimate of drug-likeness (QED) is 0.867. The molecule has 21 heavy (non-hydrogen) atoms. The molecule has 2 rings (SSSR count). The van der Waals surface area contributed by atoms with E-state index >= 15 is 0 Å². The number of carbonyl (C=O) groups is 1. The van der Waals surface area contributed by atoms with Gasteiger partial charge in [-0.1, -0.05) is 52.3 Å². The van der Waals surface area contributed by atoms with Crippen LogP contribution >= 0.6 is 15.9 Å². The molecule has 0 fully saturated rings. The van der Waals surface area contributed by atoms with Crippen LogP contribution in [0.1, 0.15) is 17.5 Å². The third kappa shape index (κ3) is 4.69. The highest BCUT2D eigenvalue weighted by Gasteiger charge is 2.13. The predicted octanol–water partition coefficient (Wildman–Crippen LogP) is 3.66. The van der Waals surface area contributed by atoms with E-state index in [1.807, 2.05) is 55.5 Å². The predicted molar refractivity (Wildman–Crippen MR) is 90.2 cm³/mol.